The van der Waals surface area contributed by atoms with Crippen molar-refractivity contribution < 1.29 is 13.2 Å². The van der Waals surface area contributed by atoms with Gasteiger partial charge in [0.25, 0.3) is 0 Å². The quantitative estimate of drug-likeness (QED) is 0.570. The number of nitrogens with one attached hydrogen (secondary N) is 2. The monoisotopic (exact) mass is 356 g/mol. The number of benzene rings is 2. The highest BCUT2D eigenvalue weighted by Crippen LogP contribution is 2.32. The molecule has 2 aromatic carbocycles. The van der Waals surface area contributed by atoms with Crippen molar-refractivity contribution in [1.82, 2.24) is 20.2 Å². The average Bonchev–Trinajstić information content (AvgIpc) is 3.08. The molecule has 0 amide bonds. The SMILES string of the molecule is O=c1nc(-c2cccc(C(F)(F)F)c2)cc(-c2ccc3[nH]ncc3c2)[nH]1. The molecule has 0 bridgehead atoms. The van der Waals surface area contributed by atoms with E-state index in [1.54, 1.807) is 24.4 Å². The van der Waals surface area contributed by atoms with Crippen molar-refractivity contribution in [1.29, 1.82) is 0 Å². The number of hydrogen-bond acceptors (Lipinski definition) is 3. The number of aromatic amines is 2. The molecule has 2 N–H and O–H groups in total. The van der Waals surface area contributed by atoms with E-state index in [2.05, 4.69) is 20.2 Å². The minimum absolute atomic E-state index is 0.169. The topological polar surface area (TPSA) is 74.4 Å². The number of rotatable bonds is 2. The molecule has 0 saturated heterocycles. The number of nitrogens with zero attached hydrogens (tertiary/aromatic N) is 2. The summed E-state index contributed by atoms with van der Waals surface area (Å²) in [6.45, 7) is 0. The normalized spacial score (nSPS) is 11.8. The highest BCUT2D eigenvalue weighted by molar-refractivity contribution is 5.83. The van der Waals surface area contributed by atoms with Crippen LogP contribution in [0.5, 0.6) is 0 Å². The van der Waals surface area contributed by atoms with Gasteiger partial charge in [0, 0.05) is 10.9 Å². The number of aromatic nitrogens is 4. The lowest BCUT2D eigenvalue weighted by Gasteiger charge is -2.09. The largest absolute Gasteiger partial charge is 0.416 e. The van der Waals surface area contributed by atoms with Crippen LogP contribution in [0.4, 0.5) is 13.2 Å². The lowest BCUT2D eigenvalue weighted by Crippen LogP contribution is -2.12. The van der Waals surface area contributed by atoms with Gasteiger partial charge in [-0.25, -0.2) is 4.79 Å². The molecule has 0 aliphatic carbocycles. The lowest BCUT2D eigenvalue weighted by molar-refractivity contribution is -0.137. The van der Waals surface area contributed by atoms with E-state index in [9.17, 15) is 18.0 Å². The Labute approximate surface area is 144 Å². The van der Waals surface area contributed by atoms with Crippen LogP contribution in [-0.4, -0.2) is 20.2 Å². The second-order valence-electron chi connectivity index (χ2n) is 5.74. The fraction of sp³-hybridized carbons (Fsp3) is 0.0556. The molecule has 0 spiro atoms. The van der Waals surface area contributed by atoms with Crippen LogP contribution in [0.1, 0.15) is 5.56 Å². The lowest BCUT2D eigenvalue weighted by atomic mass is 10.0. The standard InChI is InChI=1S/C18H11F3N4O/c19-18(20,21)13-3-1-2-10(7-13)15-8-16(24-17(26)23-15)11-4-5-14-12(6-11)9-22-25-14/h1-9H,(H,22,25)(H,23,24,26). The van der Waals surface area contributed by atoms with Crippen LogP contribution < -0.4 is 5.69 Å². The zero-order valence-corrected chi connectivity index (χ0v) is 13.1. The molecule has 0 aliphatic rings. The smallest absolute Gasteiger partial charge is 0.305 e. The minimum Gasteiger partial charge on any atom is -0.305 e. The molecule has 5 nitrogen and oxygen atoms in total. The van der Waals surface area contributed by atoms with Crippen LogP contribution in [0.3, 0.4) is 0 Å². The summed E-state index contributed by atoms with van der Waals surface area (Å²) in [6.07, 6.45) is -2.82. The molecule has 0 fully saturated rings. The van der Waals surface area contributed by atoms with E-state index >= 15 is 0 Å². The van der Waals surface area contributed by atoms with Gasteiger partial charge in [0.05, 0.1) is 28.7 Å². The van der Waals surface area contributed by atoms with Crippen molar-refractivity contribution >= 4 is 10.9 Å². The van der Waals surface area contributed by atoms with Gasteiger partial charge in [0.1, 0.15) is 0 Å². The van der Waals surface area contributed by atoms with E-state index in [4.69, 9.17) is 0 Å². The molecule has 4 aromatic rings. The number of alkyl halides is 3. The highest BCUT2D eigenvalue weighted by atomic mass is 19.4. The van der Waals surface area contributed by atoms with Gasteiger partial charge in [-0.3, -0.25) is 5.10 Å². The van der Waals surface area contributed by atoms with Crippen molar-refractivity contribution in [2.45, 2.75) is 6.18 Å². The number of H-pyrrole nitrogens is 2. The van der Waals surface area contributed by atoms with Crippen LogP contribution >= 0.6 is 0 Å². The Kier molecular flexibility index (Phi) is 3.61. The first kappa shape index (κ1) is 16.1. The van der Waals surface area contributed by atoms with Crippen LogP contribution in [0.2, 0.25) is 0 Å². The van der Waals surface area contributed by atoms with Crippen molar-refractivity contribution in [2.24, 2.45) is 0 Å². The molecule has 8 heteroatoms. The third-order valence-electron chi connectivity index (χ3n) is 3.98. The molecular weight excluding hydrogens is 345 g/mol. The van der Waals surface area contributed by atoms with Gasteiger partial charge in [-0.15, -0.1) is 0 Å². The van der Waals surface area contributed by atoms with Crippen LogP contribution in [0.25, 0.3) is 33.4 Å². The summed E-state index contributed by atoms with van der Waals surface area (Å²) in [7, 11) is 0. The zero-order valence-electron chi connectivity index (χ0n) is 13.1. The third kappa shape index (κ3) is 2.97. The second kappa shape index (κ2) is 5.83. The van der Waals surface area contributed by atoms with E-state index in [0.29, 0.717) is 11.3 Å². The van der Waals surface area contributed by atoms with Gasteiger partial charge >= 0.3 is 11.9 Å². The summed E-state index contributed by atoms with van der Waals surface area (Å²) in [4.78, 5) is 18.4. The Morgan fingerprint density at radius 1 is 0.962 bits per heavy atom. The van der Waals surface area contributed by atoms with Crippen LogP contribution in [0, 0.1) is 0 Å². The maximum atomic E-state index is 12.9. The first-order valence-electron chi connectivity index (χ1n) is 7.63. The minimum atomic E-state index is -4.47. The fourth-order valence-electron chi connectivity index (χ4n) is 2.73. The second-order valence-corrected chi connectivity index (χ2v) is 5.74. The van der Waals surface area contributed by atoms with E-state index in [0.717, 1.165) is 23.0 Å². The Balaban J connectivity index is 1.83. The molecule has 130 valence electrons. The van der Waals surface area contributed by atoms with E-state index < -0.39 is 17.4 Å². The summed E-state index contributed by atoms with van der Waals surface area (Å²) in [5, 5.41) is 7.61. The van der Waals surface area contributed by atoms with Crippen molar-refractivity contribution in [3.63, 3.8) is 0 Å². The summed E-state index contributed by atoms with van der Waals surface area (Å²) in [5.41, 5.74) is 0.953. The highest BCUT2D eigenvalue weighted by Gasteiger charge is 2.30. The average molecular weight is 356 g/mol. The predicted molar refractivity (Wildman–Crippen MR) is 90.4 cm³/mol. The van der Waals surface area contributed by atoms with E-state index in [1.807, 2.05) is 6.07 Å². The van der Waals surface area contributed by atoms with Crippen LogP contribution in [-0.2, 0) is 6.18 Å². The van der Waals surface area contributed by atoms with Crippen molar-refractivity contribution in [3.05, 3.63) is 70.8 Å². The molecule has 26 heavy (non-hydrogen) atoms. The Bertz CT molecular complexity index is 1160. The third-order valence-corrected chi connectivity index (χ3v) is 3.98. The molecule has 2 aromatic heterocycles. The van der Waals surface area contributed by atoms with Gasteiger partial charge in [-0.2, -0.15) is 23.3 Å². The zero-order chi connectivity index (χ0) is 18.3. The van der Waals surface area contributed by atoms with E-state index in [-0.39, 0.29) is 11.3 Å². The predicted octanol–water partition coefficient (Wildman–Crippen LogP) is 4.00. The molecule has 0 unspecified atom stereocenters. The maximum Gasteiger partial charge on any atom is 0.416 e. The summed E-state index contributed by atoms with van der Waals surface area (Å²) >= 11 is 0. The maximum absolute atomic E-state index is 12.9. The van der Waals surface area contributed by atoms with Gasteiger partial charge in [-0.1, -0.05) is 18.2 Å². The number of fused-ring (bicyclic) bond motifs is 1. The molecule has 0 saturated carbocycles. The van der Waals surface area contributed by atoms with Gasteiger partial charge in [0.2, 0.25) is 0 Å². The summed E-state index contributed by atoms with van der Waals surface area (Å²) in [5.74, 6) is 0. The molecular formula is C18H11F3N4O. The van der Waals surface area contributed by atoms with Crippen molar-refractivity contribution in [3.8, 4) is 22.5 Å². The molecule has 0 atom stereocenters. The van der Waals surface area contributed by atoms with Crippen LogP contribution in [0.15, 0.2) is 59.5 Å². The summed E-state index contributed by atoms with van der Waals surface area (Å²) < 4.78 is 38.8. The van der Waals surface area contributed by atoms with Gasteiger partial charge < -0.3 is 4.98 Å². The Morgan fingerprint density at radius 3 is 2.62 bits per heavy atom. The molecule has 4 rings (SSSR count). The molecule has 2 heterocycles. The first-order valence-corrected chi connectivity index (χ1v) is 7.63. The molecule has 0 radical (unpaired) electrons. The van der Waals surface area contributed by atoms with Crippen molar-refractivity contribution in [2.75, 3.05) is 0 Å². The number of halogens is 3. The van der Waals surface area contributed by atoms with E-state index in [1.165, 1.54) is 12.1 Å². The van der Waals surface area contributed by atoms with Gasteiger partial charge in [-0.05, 0) is 35.9 Å². The first-order chi connectivity index (χ1) is 12.4. The molecule has 0 aliphatic heterocycles. The fourth-order valence-corrected chi connectivity index (χ4v) is 2.73. The van der Waals surface area contributed by atoms with Gasteiger partial charge in [0.15, 0.2) is 0 Å². The summed E-state index contributed by atoms with van der Waals surface area (Å²) in [6, 6.07) is 11.7. The Hall–Kier alpha value is -3.42. The Morgan fingerprint density at radius 2 is 1.81 bits per heavy atom. The number of hydrogen-bond donors (Lipinski definition) is 2.